The summed E-state index contributed by atoms with van der Waals surface area (Å²) >= 11 is 0. The van der Waals surface area contributed by atoms with Crippen LogP contribution in [-0.2, 0) is 19.3 Å². The summed E-state index contributed by atoms with van der Waals surface area (Å²) in [5.74, 6) is 0. The largest absolute Gasteiger partial charge is 0.205 e. The van der Waals surface area contributed by atoms with Crippen LogP contribution in [0.25, 0.3) is 28.3 Å². The summed E-state index contributed by atoms with van der Waals surface area (Å²) < 4.78 is 2.05. The van der Waals surface area contributed by atoms with Crippen LogP contribution >= 0.6 is 0 Å². The van der Waals surface area contributed by atoms with Crippen molar-refractivity contribution in [2.45, 2.75) is 105 Å². The summed E-state index contributed by atoms with van der Waals surface area (Å²) in [6.45, 7) is 11.3. The topological polar surface area (TPSA) is 15.4 Å². The first-order valence-corrected chi connectivity index (χ1v) is 17.5. The predicted octanol–water partition coefficient (Wildman–Crippen LogP) is 12.9. The molecule has 0 fully saturated rings. The van der Waals surface area contributed by atoms with Crippen molar-refractivity contribution >= 4 is 11.8 Å². The lowest BCUT2D eigenvalue weighted by atomic mass is 9.89. The summed E-state index contributed by atoms with van der Waals surface area (Å²) in [6.07, 6.45) is 15.7. The number of allylic oxidation sites excluding steroid dienone is 1. The van der Waals surface area contributed by atoms with Gasteiger partial charge in [-0.05, 0) is 106 Å². The minimum atomic E-state index is 0.989. The van der Waals surface area contributed by atoms with Crippen LogP contribution in [-0.4, -0.2) is 11.7 Å². The van der Waals surface area contributed by atoms with Crippen molar-refractivity contribution in [2.75, 3.05) is 7.05 Å². The molecule has 0 radical (unpaired) electrons. The van der Waals surface area contributed by atoms with Crippen LogP contribution in [0.3, 0.4) is 0 Å². The highest BCUT2D eigenvalue weighted by atomic mass is 15.2. The molecule has 0 aliphatic rings. The fourth-order valence-corrected chi connectivity index (χ4v) is 6.50. The molecule has 4 rings (SSSR count). The Hall–Kier alpha value is -3.78. The zero-order valence-electron chi connectivity index (χ0n) is 28.8. The van der Waals surface area contributed by atoms with E-state index in [1.54, 1.807) is 0 Å². The Morgan fingerprint density at radius 3 is 1.84 bits per heavy atom. The van der Waals surface area contributed by atoms with Gasteiger partial charge >= 0.3 is 0 Å². The molecule has 0 heterocycles. The summed E-state index contributed by atoms with van der Waals surface area (Å²) in [5, 5.41) is 5.15. The molecule has 2 nitrogen and oxygen atoms in total. The molecule has 0 aliphatic heterocycles. The van der Waals surface area contributed by atoms with Crippen LogP contribution in [0.5, 0.6) is 0 Å². The van der Waals surface area contributed by atoms with Gasteiger partial charge in [0.25, 0.3) is 0 Å². The van der Waals surface area contributed by atoms with E-state index in [1.165, 1.54) is 101 Å². The summed E-state index contributed by atoms with van der Waals surface area (Å²) in [4.78, 5) is 0. The number of hydrogen-bond donors (Lipinski definition) is 0. The van der Waals surface area contributed by atoms with Crippen LogP contribution in [0, 0.1) is 6.92 Å². The lowest BCUT2D eigenvalue weighted by Gasteiger charge is -2.16. The Balaban J connectivity index is 1.66. The van der Waals surface area contributed by atoms with Gasteiger partial charge in [0.15, 0.2) is 7.05 Å². The van der Waals surface area contributed by atoms with Gasteiger partial charge in [-0.25, -0.2) is 0 Å². The molecule has 0 aromatic heterocycles. The van der Waals surface area contributed by atoms with Crippen LogP contribution in [0.1, 0.15) is 107 Å². The highest BCUT2D eigenvalue weighted by Crippen LogP contribution is 2.34. The SMILES string of the molecule is CCCCCCCCc1cc(N=[N+](C)C(C)=Cc2cc(C)c(-c3ccccc3)c(CCCC)c2)cc(CC)c1-c1ccccc1. The first kappa shape index (κ1) is 34.1. The van der Waals surface area contributed by atoms with Crippen molar-refractivity contribution in [3.63, 3.8) is 0 Å². The minimum Gasteiger partial charge on any atom is -0.0909 e. The highest BCUT2D eigenvalue weighted by molar-refractivity contribution is 5.75. The Kier molecular flexibility index (Phi) is 13.4. The summed E-state index contributed by atoms with van der Waals surface area (Å²) in [5.41, 5.74) is 14.4. The van der Waals surface area contributed by atoms with Crippen molar-refractivity contribution in [3.05, 3.63) is 118 Å². The standard InChI is InChI=1S/C43H55N2/c1-7-10-12-13-14-17-27-40-32-41(31-36(9-3)43(40)38-25-20-16-21-26-38)44-45(6)34(5)29-35-28-33(4)42(37-23-18-15-19-24-37)39(30-35)22-11-8-2/h15-16,18-21,23-26,28-32H,7-14,17,22,27H2,1-6H3/q+1. The van der Waals surface area contributed by atoms with E-state index >= 15 is 0 Å². The van der Waals surface area contributed by atoms with E-state index in [9.17, 15) is 0 Å². The normalized spacial score (nSPS) is 12.1. The first-order chi connectivity index (χ1) is 21.9. The molecule has 4 aromatic rings. The van der Waals surface area contributed by atoms with E-state index in [-0.39, 0.29) is 0 Å². The third-order valence-corrected chi connectivity index (χ3v) is 8.98. The molecule has 0 aliphatic carbocycles. The second-order valence-electron chi connectivity index (χ2n) is 12.6. The zero-order chi connectivity index (χ0) is 32.0. The van der Waals surface area contributed by atoms with Gasteiger partial charge in [-0.2, -0.15) is 0 Å². The quantitative estimate of drug-likeness (QED) is 0.0691. The lowest BCUT2D eigenvalue weighted by Crippen LogP contribution is -2.01. The summed E-state index contributed by atoms with van der Waals surface area (Å²) in [6, 6.07) is 31.2. The number of rotatable bonds is 16. The molecule has 45 heavy (non-hydrogen) atoms. The highest BCUT2D eigenvalue weighted by Gasteiger charge is 2.15. The number of unbranched alkanes of at least 4 members (excludes halogenated alkanes) is 6. The van der Waals surface area contributed by atoms with Crippen LogP contribution < -0.4 is 0 Å². The minimum absolute atomic E-state index is 0.989. The van der Waals surface area contributed by atoms with Gasteiger partial charge in [0.2, 0.25) is 5.70 Å². The van der Waals surface area contributed by atoms with Crippen LogP contribution in [0.15, 0.2) is 95.7 Å². The van der Waals surface area contributed by atoms with Gasteiger partial charge in [0.05, 0.1) is 0 Å². The van der Waals surface area contributed by atoms with Crippen molar-refractivity contribution in [1.82, 2.24) is 0 Å². The van der Waals surface area contributed by atoms with E-state index in [0.717, 1.165) is 30.6 Å². The van der Waals surface area contributed by atoms with Crippen molar-refractivity contribution in [1.29, 1.82) is 0 Å². The van der Waals surface area contributed by atoms with Crippen molar-refractivity contribution < 1.29 is 4.70 Å². The number of nitrogens with zero attached hydrogens (tertiary/aromatic N) is 2. The monoisotopic (exact) mass is 599 g/mol. The molecular weight excluding hydrogens is 544 g/mol. The Bertz CT molecular complexity index is 1560. The van der Waals surface area contributed by atoms with Gasteiger partial charge in [-0.3, -0.25) is 0 Å². The van der Waals surface area contributed by atoms with Crippen LogP contribution in [0.2, 0.25) is 0 Å². The maximum atomic E-state index is 5.15. The second-order valence-corrected chi connectivity index (χ2v) is 12.6. The smallest absolute Gasteiger partial charge is 0.0909 e. The van der Waals surface area contributed by atoms with Gasteiger partial charge in [-0.1, -0.05) is 137 Å². The van der Waals surface area contributed by atoms with Gasteiger partial charge < -0.3 is 0 Å². The van der Waals surface area contributed by atoms with E-state index < -0.39 is 0 Å². The maximum Gasteiger partial charge on any atom is 0.205 e. The van der Waals surface area contributed by atoms with Gasteiger partial charge in [-0.15, -0.1) is 0 Å². The van der Waals surface area contributed by atoms with E-state index in [0.29, 0.717) is 0 Å². The zero-order valence-corrected chi connectivity index (χ0v) is 28.8. The van der Waals surface area contributed by atoms with Gasteiger partial charge in [0.1, 0.15) is 5.69 Å². The molecular formula is C43H55N2+. The molecule has 2 heteroatoms. The number of benzene rings is 4. The molecule has 236 valence electrons. The molecule has 0 bridgehead atoms. The molecule has 0 spiro atoms. The molecule has 4 aromatic carbocycles. The molecule has 0 N–H and O–H groups in total. The fourth-order valence-electron chi connectivity index (χ4n) is 6.50. The first-order valence-electron chi connectivity index (χ1n) is 17.5. The molecule has 0 amide bonds. The molecule has 0 saturated carbocycles. The van der Waals surface area contributed by atoms with E-state index in [4.69, 9.17) is 5.11 Å². The fraction of sp³-hybridized carbons (Fsp3) is 0.395. The second kappa shape index (κ2) is 17.6. The van der Waals surface area contributed by atoms with Gasteiger partial charge in [0, 0.05) is 13.0 Å². The summed E-state index contributed by atoms with van der Waals surface area (Å²) in [7, 11) is 2.08. The number of aryl methyl sites for hydroxylation is 4. The van der Waals surface area contributed by atoms with Crippen LogP contribution in [0.4, 0.5) is 5.69 Å². The average Bonchev–Trinajstić information content (AvgIpc) is 3.05. The molecule has 0 saturated heterocycles. The lowest BCUT2D eigenvalue weighted by molar-refractivity contribution is -0.510. The Morgan fingerprint density at radius 1 is 0.644 bits per heavy atom. The molecule has 0 atom stereocenters. The molecule has 0 unspecified atom stereocenters. The van der Waals surface area contributed by atoms with Crippen molar-refractivity contribution in [2.24, 2.45) is 5.11 Å². The average molecular weight is 600 g/mol. The van der Waals surface area contributed by atoms with E-state index in [2.05, 4.69) is 137 Å². The third kappa shape index (κ3) is 9.60. The Morgan fingerprint density at radius 2 is 1.20 bits per heavy atom. The predicted molar refractivity (Wildman–Crippen MR) is 195 cm³/mol. The Labute approximate surface area is 274 Å². The van der Waals surface area contributed by atoms with E-state index in [1.807, 2.05) is 0 Å². The van der Waals surface area contributed by atoms with Crippen molar-refractivity contribution in [3.8, 4) is 22.3 Å². The maximum absolute atomic E-state index is 5.15. The third-order valence-electron chi connectivity index (χ3n) is 8.98. The number of azo groups is 2. The number of hydrogen-bond acceptors (Lipinski definition) is 1.